The minimum atomic E-state index is -0.573. The Morgan fingerprint density at radius 1 is 1.48 bits per heavy atom. The first-order valence-corrected chi connectivity index (χ1v) is 9.08. The average Bonchev–Trinajstić information content (AvgIpc) is 2.87. The second-order valence-corrected chi connectivity index (χ2v) is 7.70. The van der Waals surface area contributed by atoms with Gasteiger partial charge in [-0.05, 0) is 12.1 Å². The van der Waals surface area contributed by atoms with Gasteiger partial charge in [-0.25, -0.2) is 4.79 Å². The lowest BCUT2D eigenvalue weighted by Gasteiger charge is -2.17. The van der Waals surface area contributed by atoms with Crippen LogP contribution in [0.25, 0.3) is 0 Å². The number of amides is 1. The fourth-order valence-corrected chi connectivity index (χ4v) is 3.65. The Bertz CT molecular complexity index is 706. The monoisotopic (exact) mass is 384 g/mol. The van der Waals surface area contributed by atoms with E-state index in [2.05, 4.69) is 5.32 Å². The fraction of sp³-hybridized carbons (Fsp3) is 0.412. The van der Waals surface area contributed by atoms with Gasteiger partial charge < -0.3 is 20.1 Å². The Kier molecular flexibility index (Phi) is 6.75. The summed E-state index contributed by atoms with van der Waals surface area (Å²) in [4.78, 5) is 26.8. The summed E-state index contributed by atoms with van der Waals surface area (Å²) in [5.74, 6) is -0.925. The lowest BCUT2D eigenvalue weighted by molar-refractivity contribution is -0.136. The highest BCUT2D eigenvalue weighted by molar-refractivity contribution is 8.00. The largest absolute Gasteiger partial charge is 0.466 e. The molecule has 0 aromatic heterocycles. The van der Waals surface area contributed by atoms with E-state index < -0.39 is 5.97 Å². The van der Waals surface area contributed by atoms with Crippen LogP contribution < -0.4 is 5.32 Å². The predicted octanol–water partition coefficient (Wildman–Crippen LogP) is 2.51. The predicted molar refractivity (Wildman–Crippen MR) is 98.8 cm³/mol. The summed E-state index contributed by atoms with van der Waals surface area (Å²) in [7, 11) is 1.27. The van der Waals surface area contributed by atoms with E-state index in [1.807, 2.05) is 13.8 Å². The van der Waals surface area contributed by atoms with Crippen molar-refractivity contribution in [2.24, 2.45) is 0 Å². The lowest BCUT2D eigenvalue weighted by Crippen LogP contribution is -2.31. The van der Waals surface area contributed by atoms with Crippen LogP contribution in [0.1, 0.15) is 13.8 Å². The van der Waals surface area contributed by atoms with Crippen molar-refractivity contribution in [1.29, 1.82) is 0 Å². The molecule has 2 N–H and O–H groups in total. The van der Waals surface area contributed by atoms with Crippen LogP contribution in [0.2, 0.25) is 5.02 Å². The number of halogens is 1. The summed E-state index contributed by atoms with van der Waals surface area (Å²) >= 11 is 7.87. The number of β-amino-alcohol motifs (C(OH)–C–C–N with tert-alkyl or cyclic N) is 1. The summed E-state index contributed by atoms with van der Waals surface area (Å²) in [6, 6.07) is 5.36. The van der Waals surface area contributed by atoms with E-state index in [9.17, 15) is 9.59 Å². The molecule has 0 radical (unpaired) electrons. The van der Waals surface area contributed by atoms with Crippen LogP contribution >= 0.6 is 23.4 Å². The van der Waals surface area contributed by atoms with Gasteiger partial charge in [0.05, 0.1) is 36.5 Å². The number of aliphatic hydroxyl groups excluding tert-OH is 1. The number of thioether (sulfide) groups is 1. The van der Waals surface area contributed by atoms with Gasteiger partial charge >= 0.3 is 5.97 Å². The lowest BCUT2D eigenvalue weighted by atomic mass is 10.2. The van der Waals surface area contributed by atoms with Crippen LogP contribution in [-0.4, -0.2) is 53.9 Å². The highest BCUT2D eigenvalue weighted by Crippen LogP contribution is 2.38. The maximum Gasteiger partial charge on any atom is 0.337 e. The number of rotatable bonds is 7. The first-order valence-electron chi connectivity index (χ1n) is 7.82. The number of ether oxygens (including phenoxy) is 1. The molecule has 0 saturated carbocycles. The van der Waals surface area contributed by atoms with Crippen LogP contribution in [0, 0.1) is 0 Å². The molecule has 136 valence electrons. The van der Waals surface area contributed by atoms with Gasteiger partial charge in [-0.3, -0.25) is 4.79 Å². The van der Waals surface area contributed by atoms with Gasteiger partial charge in [0.25, 0.3) is 5.91 Å². The molecule has 0 saturated heterocycles. The minimum absolute atomic E-state index is 0.0988. The number of hydrogen-bond acceptors (Lipinski definition) is 6. The molecule has 1 aliphatic rings. The molecule has 8 heteroatoms. The molecule has 1 aromatic rings. The average molecular weight is 385 g/mol. The smallest absolute Gasteiger partial charge is 0.337 e. The van der Waals surface area contributed by atoms with Gasteiger partial charge in [-0.2, -0.15) is 0 Å². The van der Waals surface area contributed by atoms with E-state index in [1.165, 1.54) is 12.0 Å². The van der Waals surface area contributed by atoms with Gasteiger partial charge in [0, 0.05) is 16.7 Å². The zero-order valence-corrected chi connectivity index (χ0v) is 15.9. The first kappa shape index (κ1) is 19.6. The Balaban J connectivity index is 2.40. The van der Waals surface area contributed by atoms with Crippen molar-refractivity contribution in [2.75, 3.05) is 32.1 Å². The van der Waals surface area contributed by atoms with Gasteiger partial charge in [-0.1, -0.05) is 31.5 Å². The summed E-state index contributed by atoms with van der Waals surface area (Å²) in [5, 5.41) is 13.0. The summed E-state index contributed by atoms with van der Waals surface area (Å²) in [5.41, 5.74) is 1.05. The number of anilines is 1. The SMILES string of the molecule is COC(=O)C1=C(Nc2cccc(Cl)c2SC(C)C)C(=O)N(CCO)C1. The van der Waals surface area contributed by atoms with Crippen molar-refractivity contribution >= 4 is 40.9 Å². The third kappa shape index (κ3) is 4.48. The minimum Gasteiger partial charge on any atom is -0.466 e. The van der Waals surface area contributed by atoms with Gasteiger partial charge in [0.1, 0.15) is 5.70 Å². The molecule has 0 fully saturated rings. The van der Waals surface area contributed by atoms with Crippen molar-refractivity contribution in [3.8, 4) is 0 Å². The van der Waals surface area contributed by atoms with E-state index >= 15 is 0 Å². The quantitative estimate of drug-likeness (QED) is 0.555. The molecular formula is C17H21ClN2O4S. The maximum atomic E-state index is 12.6. The van der Waals surface area contributed by atoms with E-state index in [4.69, 9.17) is 21.4 Å². The second kappa shape index (κ2) is 8.60. The Morgan fingerprint density at radius 2 is 2.20 bits per heavy atom. The molecule has 1 amide bonds. The number of benzene rings is 1. The molecular weight excluding hydrogens is 364 g/mol. The molecule has 2 rings (SSSR count). The molecule has 6 nitrogen and oxygen atoms in total. The normalized spacial score (nSPS) is 14.5. The van der Waals surface area contributed by atoms with Crippen molar-refractivity contribution in [3.05, 3.63) is 34.5 Å². The molecule has 1 aromatic carbocycles. The molecule has 0 aliphatic carbocycles. The second-order valence-electron chi connectivity index (χ2n) is 5.70. The van der Waals surface area contributed by atoms with Crippen LogP contribution in [0.15, 0.2) is 34.4 Å². The van der Waals surface area contributed by atoms with Crippen molar-refractivity contribution in [2.45, 2.75) is 24.0 Å². The van der Waals surface area contributed by atoms with Gasteiger partial charge in [0.15, 0.2) is 0 Å². The zero-order valence-electron chi connectivity index (χ0n) is 14.3. The Morgan fingerprint density at radius 3 is 2.80 bits per heavy atom. The molecule has 25 heavy (non-hydrogen) atoms. The van der Waals surface area contributed by atoms with Gasteiger partial charge in [0.2, 0.25) is 0 Å². The molecule has 0 bridgehead atoms. The van der Waals surface area contributed by atoms with Crippen molar-refractivity contribution in [1.82, 2.24) is 4.90 Å². The van der Waals surface area contributed by atoms with Crippen molar-refractivity contribution in [3.63, 3.8) is 0 Å². The van der Waals surface area contributed by atoms with Crippen molar-refractivity contribution < 1.29 is 19.4 Å². The molecule has 1 aliphatic heterocycles. The summed E-state index contributed by atoms with van der Waals surface area (Å²) in [6.07, 6.45) is 0. The summed E-state index contributed by atoms with van der Waals surface area (Å²) in [6.45, 7) is 4.15. The van der Waals surface area contributed by atoms with Gasteiger partial charge in [-0.15, -0.1) is 11.8 Å². The van der Waals surface area contributed by atoms with Crippen LogP contribution in [0.3, 0.4) is 0 Å². The molecule has 0 unspecified atom stereocenters. The maximum absolute atomic E-state index is 12.6. The van der Waals surface area contributed by atoms with Crippen LogP contribution in [0.4, 0.5) is 5.69 Å². The number of nitrogens with zero attached hydrogens (tertiary/aromatic N) is 1. The highest BCUT2D eigenvalue weighted by atomic mass is 35.5. The fourth-order valence-electron chi connectivity index (χ4n) is 2.45. The number of esters is 1. The molecule has 0 spiro atoms. The topological polar surface area (TPSA) is 78.9 Å². The third-order valence-electron chi connectivity index (χ3n) is 3.53. The Hall–Kier alpha value is -1.70. The van der Waals surface area contributed by atoms with E-state index in [0.29, 0.717) is 16.0 Å². The van der Waals surface area contributed by atoms with Crippen LogP contribution in [-0.2, 0) is 14.3 Å². The Labute approximate surface area is 156 Å². The molecule has 1 heterocycles. The standard InChI is InChI=1S/C17H21ClN2O4S/c1-10(2)25-15-12(18)5-4-6-13(15)19-14-11(17(23)24-3)9-20(7-8-21)16(14)22/h4-6,10,19,21H,7-9H2,1-3H3. The highest BCUT2D eigenvalue weighted by Gasteiger charge is 2.34. The van der Waals surface area contributed by atoms with Crippen LogP contribution in [0.5, 0.6) is 0 Å². The number of carbonyl (C=O) groups excluding carboxylic acids is 2. The number of methoxy groups -OCH3 is 1. The summed E-state index contributed by atoms with van der Waals surface area (Å²) < 4.78 is 4.79. The number of carbonyl (C=O) groups is 2. The third-order valence-corrected chi connectivity index (χ3v) is 5.11. The van der Waals surface area contributed by atoms with E-state index in [0.717, 1.165) is 4.90 Å². The van der Waals surface area contributed by atoms with E-state index in [-0.39, 0.29) is 36.9 Å². The first-order chi connectivity index (χ1) is 11.9. The van der Waals surface area contributed by atoms with E-state index in [1.54, 1.807) is 30.0 Å². The number of aliphatic hydroxyl groups is 1. The number of nitrogens with one attached hydrogen (secondary N) is 1. The number of hydrogen-bond donors (Lipinski definition) is 2. The zero-order chi connectivity index (χ0) is 18.6. The molecule has 0 atom stereocenters.